The summed E-state index contributed by atoms with van der Waals surface area (Å²) in [6, 6.07) is 16.5. The Balaban J connectivity index is 0.00000169. The summed E-state index contributed by atoms with van der Waals surface area (Å²) in [6.45, 7) is 4.81. The third-order valence-electron chi connectivity index (χ3n) is 4.47. The molecule has 0 unspecified atom stereocenters. The molecule has 0 spiro atoms. The molecule has 6 heteroatoms. The van der Waals surface area contributed by atoms with E-state index in [2.05, 4.69) is 50.8 Å². The molecule has 2 aromatic rings. The van der Waals surface area contributed by atoms with Gasteiger partial charge in [0.25, 0.3) is 0 Å². The van der Waals surface area contributed by atoms with E-state index < -0.39 is 0 Å². The fraction of sp³-hybridized carbons (Fsp3) is 0.400. The van der Waals surface area contributed by atoms with E-state index in [0.717, 1.165) is 42.3 Å². The Bertz CT molecular complexity index is 637. The molecule has 1 aliphatic rings. The van der Waals surface area contributed by atoms with Crippen molar-refractivity contribution >= 4 is 15.9 Å². The second kappa shape index (κ2) is 12.6. The molecule has 2 N–H and O–H groups in total. The topological polar surface area (TPSA) is 33.3 Å². The molecule has 0 radical (unpaired) electrons. The van der Waals surface area contributed by atoms with Crippen LogP contribution in [0.3, 0.4) is 0 Å². The molecule has 0 amide bonds. The molecule has 26 heavy (non-hydrogen) atoms. The van der Waals surface area contributed by atoms with Gasteiger partial charge in [0.15, 0.2) is 0 Å². The molecule has 0 saturated carbocycles. The predicted octanol–water partition coefficient (Wildman–Crippen LogP) is -1.87. The highest BCUT2D eigenvalue weighted by molar-refractivity contribution is 9.10. The van der Waals surface area contributed by atoms with Crippen molar-refractivity contribution in [3.63, 3.8) is 0 Å². The minimum absolute atomic E-state index is 0. The highest BCUT2D eigenvalue weighted by Crippen LogP contribution is 2.24. The minimum atomic E-state index is 0. The molecule has 3 rings (SSSR count). The van der Waals surface area contributed by atoms with E-state index in [4.69, 9.17) is 4.74 Å². The Labute approximate surface area is 177 Å². The van der Waals surface area contributed by atoms with Gasteiger partial charge in [0.1, 0.15) is 12.4 Å². The summed E-state index contributed by atoms with van der Waals surface area (Å²) in [6.07, 6.45) is 2.53. The lowest BCUT2D eigenvalue weighted by atomic mass is 9.98. The van der Waals surface area contributed by atoms with Crippen LogP contribution in [-0.4, -0.2) is 19.6 Å². The zero-order chi connectivity index (χ0) is 16.6. The molecule has 0 bridgehead atoms. The van der Waals surface area contributed by atoms with E-state index in [0.29, 0.717) is 6.61 Å². The summed E-state index contributed by atoms with van der Waals surface area (Å²) in [5, 5.41) is 7.03. The average molecular weight is 460 g/mol. The molecule has 1 aliphatic heterocycles. The number of rotatable bonds is 7. The van der Waals surface area contributed by atoms with E-state index in [1.807, 2.05) is 24.3 Å². The van der Waals surface area contributed by atoms with E-state index in [1.165, 1.54) is 24.0 Å². The van der Waals surface area contributed by atoms with E-state index >= 15 is 0 Å². The second-order valence-electron chi connectivity index (χ2n) is 6.35. The first-order valence-corrected chi connectivity index (χ1v) is 9.47. The highest BCUT2D eigenvalue weighted by Gasteiger charge is 2.13. The van der Waals surface area contributed by atoms with Gasteiger partial charge in [-0.2, -0.15) is 0 Å². The molecular weight excluding hydrogens is 435 g/mol. The van der Waals surface area contributed by atoms with Crippen LogP contribution in [-0.2, 0) is 13.2 Å². The normalized spacial score (nSPS) is 14.2. The van der Waals surface area contributed by atoms with Crippen molar-refractivity contribution in [1.29, 1.82) is 0 Å². The molecule has 2 aromatic carbocycles. The van der Waals surface area contributed by atoms with E-state index in [1.54, 1.807) is 0 Å². The van der Waals surface area contributed by atoms with Gasteiger partial charge in [0, 0.05) is 16.6 Å². The molecule has 1 saturated heterocycles. The van der Waals surface area contributed by atoms with Crippen molar-refractivity contribution in [3.05, 3.63) is 64.1 Å². The van der Waals surface area contributed by atoms with E-state index in [-0.39, 0.29) is 24.8 Å². The van der Waals surface area contributed by atoms with Crippen LogP contribution in [0.5, 0.6) is 5.75 Å². The van der Waals surface area contributed by atoms with Gasteiger partial charge < -0.3 is 40.2 Å². The number of hydrogen-bond acceptors (Lipinski definition) is 3. The predicted molar refractivity (Wildman–Crippen MR) is 102 cm³/mol. The van der Waals surface area contributed by atoms with Gasteiger partial charge in [0.2, 0.25) is 0 Å². The lowest BCUT2D eigenvalue weighted by Gasteiger charge is -2.23. The molecule has 0 atom stereocenters. The number of nitrogens with one attached hydrogen (secondary N) is 2. The Morgan fingerprint density at radius 2 is 1.77 bits per heavy atom. The number of hydrogen-bond donors (Lipinski definition) is 2. The monoisotopic (exact) mass is 458 g/mol. The molecule has 144 valence electrons. The van der Waals surface area contributed by atoms with Crippen molar-refractivity contribution in [2.45, 2.75) is 26.0 Å². The Morgan fingerprint density at radius 3 is 2.50 bits per heavy atom. The maximum Gasteiger partial charge on any atom is 0.124 e. The summed E-state index contributed by atoms with van der Waals surface area (Å²) < 4.78 is 7.14. The van der Waals surface area contributed by atoms with Crippen LogP contribution in [0.4, 0.5) is 0 Å². The van der Waals surface area contributed by atoms with Gasteiger partial charge >= 0.3 is 0 Å². The van der Waals surface area contributed by atoms with Gasteiger partial charge in [-0.15, -0.1) is 0 Å². The average Bonchev–Trinajstić information content (AvgIpc) is 2.63. The van der Waals surface area contributed by atoms with Crippen molar-refractivity contribution in [2.24, 2.45) is 5.92 Å². The maximum atomic E-state index is 6.05. The standard InChI is InChI=1S/C20H25BrN2O.2ClH/c21-19-6-7-20(24-15-17-4-2-1-3-5-17)18(12-19)14-23-13-16-8-10-22-11-9-16;;/h1-7,12,16,22-23H,8-11,13-15H2;2*1H/p-2. The lowest BCUT2D eigenvalue weighted by molar-refractivity contribution is -0.00100. The fourth-order valence-corrected chi connectivity index (χ4v) is 3.47. The van der Waals surface area contributed by atoms with Crippen LogP contribution < -0.4 is 40.2 Å². The third kappa shape index (κ3) is 7.45. The summed E-state index contributed by atoms with van der Waals surface area (Å²) in [7, 11) is 0. The van der Waals surface area contributed by atoms with Crippen molar-refractivity contribution in [2.75, 3.05) is 19.6 Å². The van der Waals surface area contributed by atoms with Crippen LogP contribution in [0.15, 0.2) is 53.0 Å². The fourth-order valence-electron chi connectivity index (χ4n) is 3.06. The smallest absolute Gasteiger partial charge is 0.124 e. The zero-order valence-electron chi connectivity index (χ0n) is 14.7. The first kappa shape index (κ1) is 23.3. The van der Waals surface area contributed by atoms with Gasteiger partial charge in [-0.3, -0.25) is 0 Å². The first-order valence-electron chi connectivity index (χ1n) is 8.68. The third-order valence-corrected chi connectivity index (χ3v) is 4.96. The van der Waals surface area contributed by atoms with Gasteiger partial charge in [-0.1, -0.05) is 46.3 Å². The Hall–Kier alpha value is -0.780. The maximum absolute atomic E-state index is 6.05. The van der Waals surface area contributed by atoms with Crippen LogP contribution in [0, 0.1) is 5.92 Å². The van der Waals surface area contributed by atoms with Gasteiger partial charge in [-0.25, -0.2) is 0 Å². The molecule has 3 nitrogen and oxygen atoms in total. The minimum Gasteiger partial charge on any atom is -1.00 e. The highest BCUT2D eigenvalue weighted by atomic mass is 79.9. The Kier molecular flexibility index (Phi) is 11.3. The van der Waals surface area contributed by atoms with Crippen LogP contribution in [0.2, 0.25) is 0 Å². The molecule has 1 fully saturated rings. The largest absolute Gasteiger partial charge is 1.00 e. The van der Waals surface area contributed by atoms with Crippen LogP contribution in [0.25, 0.3) is 0 Å². The number of halogens is 3. The molecule has 0 aromatic heterocycles. The SMILES string of the molecule is Brc1ccc(OCc2ccccc2)c(CNCC2CCNCC2)c1.[Cl-].[Cl-]. The number of piperidine rings is 1. The summed E-state index contributed by atoms with van der Waals surface area (Å²) in [5.41, 5.74) is 2.39. The van der Waals surface area contributed by atoms with E-state index in [9.17, 15) is 0 Å². The van der Waals surface area contributed by atoms with Crippen molar-refractivity contribution in [1.82, 2.24) is 10.6 Å². The van der Waals surface area contributed by atoms with Crippen molar-refractivity contribution in [3.8, 4) is 5.75 Å². The van der Waals surface area contributed by atoms with Gasteiger partial charge in [0.05, 0.1) is 0 Å². The summed E-state index contributed by atoms with van der Waals surface area (Å²) in [5.74, 6) is 1.74. The molecular formula is C20H25BrCl2N2O-2. The Morgan fingerprint density at radius 1 is 1.04 bits per heavy atom. The quantitative estimate of drug-likeness (QED) is 0.508. The zero-order valence-corrected chi connectivity index (χ0v) is 17.8. The molecule has 0 aliphatic carbocycles. The van der Waals surface area contributed by atoms with Crippen molar-refractivity contribution < 1.29 is 29.6 Å². The van der Waals surface area contributed by atoms with Crippen LogP contribution >= 0.6 is 15.9 Å². The lowest BCUT2D eigenvalue weighted by Crippen LogP contribution is -3.00. The number of benzene rings is 2. The summed E-state index contributed by atoms with van der Waals surface area (Å²) in [4.78, 5) is 0. The van der Waals surface area contributed by atoms with Gasteiger partial charge in [-0.05, 0) is 62.2 Å². The van der Waals surface area contributed by atoms with Crippen LogP contribution in [0.1, 0.15) is 24.0 Å². The summed E-state index contributed by atoms with van der Waals surface area (Å²) >= 11 is 3.57. The second-order valence-corrected chi connectivity index (χ2v) is 7.27. The molecule has 1 heterocycles. The number of ether oxygens (including phenoxy) is 1. The first-order chi connectivity index (χ1) is 11.8.